The Balaban J connectivity index is 0.00000129. The average Bonchev–Trinajstić information content (AvgIpc) is 3.26. The molecule has 0 aliphatic carbocycles. The molecular formula is C42H62O18. The number of hydrogen-bond donors (Lipinski definition) is 0. The summed E-state index contributed by atoms with van der Waals surface area (Å²) in [6.07, 6.45) is 6.65. The Morgan fingerprint density at radius 2 is 0.800 bits per heavy atom. The van der Waals surface area contributed by atoms with E-state index in [1.165, 1.54) is 0 Å². The van der Waals surface area contributed by atoms with Crippen molar-refractivity contribution in [2.24, 2.45) is 16.2 Å². The Labute approximate surface area is 352 Å². The standard InChI is InChI=1S/C25H36O12.C17H26O6/c1-5-21(26)34-13-9-30-17-25(18-31-10-14-35-22(27)6-2,19-32-11-15-36-23(28)7-3)20-33-12-16-37-24(29)8-4;1-6-13(18)20-9-16(4,5)15-22-11-17(8-3,12-23-15)10-21-14(19)7-2/h5-8H,1-4,9-20H2;6-7,15H,1-2,8-12H2,3-5H3. The van der Waals surface area contributed by atoms with E-state index in [0.29, 0.717) is 13.2 Å². The summed E-state index contributed by atoms with van der Waals surface area (Å²) in [5, 5.41) is 0. The first-order valence-corrected chi connectivity index (χ1v) is 18.9. The Morgan fingerprint density at radius 3 is 1.10 bits per heavy atom. The molecule has 0 atom stereocenters. The summed E-state index contributed by atoms with van der Waals surface area (Å²) in [6, 6.07) is 0. The molecule has 0 radical (unpaired) electrons. The number of carbonyl (C=O) groups excluding carboxylic acids is 6. The molecule has 18 heteroatoms. The second-order valence-corrected chi connectivity index (χ2v) is 13.6. The van der Waals surface area contributed by atoms with Crippen molar-refractivity contribution in [2.75, 3.05) is 106 Å². The fourth-order valence-corrected chi connectivity index (χ4v) is 4.55. The van der Waals surface area contributed by atoms with Gasteiger partial charge in [0, 0.05) is 41.9 Å². The molecular weight excluding hydrogens is 792 g/mol. The maximum absolute atomic E-state index is 11.2. The summed E-state index contributed by atoms with van der Waals surface area (Å²) < 4.78 is 64.2. The van der Waals surface area contributed by atoms with Crippen molar-refractivity contribution in [3.8, 4) is 0 Å². The molecule has 338 valence electrons. The van der Waals surface area contributed by atoms with Crippen LogP contribution in [0.4, 0.5) is 0 Å². The van der Waals surface area contributed by atoms with Crippen molar-refractivity contribution in [3.05, 3.63) is 75.9 Å². The van der Waals surface area contributed by atoms with E-state index in [0.717, 1.165) is 42.9 Å². The van der Waals surface area contributed by atoms with E-state index in [1.54, 1.807) is 0 Å². The molecule has 0 spiro atoms. The van der Waals surface area contributed by atoms with Crippen molar-refractivity contribution < 1.29 is 85.6 Å². The topological polar surface area (TPSA) is 213 Å². The van der Waals surface area contributed by atoms with E-state index in [4.69, 9.17) is 56.8 Å². The molecule has 1 heterocycles. The molecule has 0 aromatic heterocycles. The van der Waals surface area contributed by atoms with Crippen LogP contribution in [-0.4, -0.2) is 148 Å². The number of esters is 6. The summed E-state index contributed by atoms with van der Waals surface area (Å²) in [7, 11) is 0. The Morgan fingerprint density at radius 1 is 0.500 bits per heavy atom. The molecule has 60 heavy (non-hydrogen) atoms. The van der Waals surface area contributed by atoms with E-state index in [1.807, 2.05) is 20.8 Å². The molecule has 1 fully saturated rings. The van der Waals surface area contributed by atoms with Crippen molar-refractivity contribution in [1.29, 1.82) is 0 Å². The van der Waals surface area contributed by atoms with Crippen LogP contribution in [0.2, 0.25) is 0 Å². The van der Waals surface area contributed by atoms with Gasteiger partial charge in [0.2, 0.25) is 0 Å². The van der Waals surface area contributed by atoms with Gasteiger partial charge in [0.05, 0.1) is 76.9 Å². The fraction of sp³-hybridized carbons (Fsp3) is 0.571. The van der Waals surface area contributed by atoms with Crippen molar-refractivity contribution in [2.45, 2.75) is 33.5 Å². The van der Waals surface area contributed by atoms with E-state index in [-0.39, 0.29) is 97.9 Å². The Kier molecular flexibility index (Phi) is 29.2. The van der Waals surface area contributed by atoms with Gasteiger partial charge in [0.15, 0.2) is 6.29 Å². The zero-order chi connectivity index (χ0) is 45.3. The highest BCUT2D eigenvalue weighted by Gasteiger charge is 2.43. The SMILES string of the molecule is C=CC(=O)OCC1(CC)COC(C(C)(C)COC(=O)C=C)OC1.C=CC(=O)OCCOCC(COCCOC(=O)C=C)(COCCOC(=O)C=C)COCCOC(=O)C=C. The number of rotatable bonds is 32. The monoisotopic (exact) mass is 854 g/mol. The van der Waals surface area contributed by atoms with Gasteiger partial charge in [-0.05, 0) is 6.42 Å². The first-order valence-electron chi connectivity index (χ1n) is 18.9. The third kappa shape index (κ3) is 24.8. The van der Waals surface area contributed by atoms with Crippen LogP contribution in [0.3, 0.4) is 0 Å². The maximum Gasteiger partial charge on any atom is 0.330 e. The third-order valence-corrected chi connectivity index (χ3v) is 8.10. The van der Waals surface area contributed by atoms with Gasteiger partial charge in [-0.2, -0.15) is 0 Å². The molecule has 18 nitrogen and oxygen atoms in total. The van der Waals surface area contributed by atoms with Gasteiger partial charge in [-0.1, -0.05) is 60.2 Å². The minimum Gasteiger partial charge on any atom is -0.462 e. The predicted octanol–water partition coefficient (Wildman–Crippen LogP) is 3.20. The molecule has 0 saturated carbocycles. The van der Waals surface area contributed by atoms with Crippen molar-refractivity contribution >= 4 is 35.8 Å². The highest BCUT2D eigenvalue weighted by atomic mass is 16.7. The van der Waals surface area contributed by atoms with Crippen LogP contribution in [0.1, 0.15) is 27.2 Å². The van der Waals surface area contributed by atoms with Gasteiger partial charge >= 0.3 is 35.8 Å². The lowest BCUT2D eigenvalue weighted by molar-refractivity contribution is -0.280. The second kappa shape index (κ2) is 31.9. The summed E-state index contributed by atoms with van der Waals surface area (Å²) in [5.41, 5.74) is -1.75. The largest absolute Gasteiger partial charge is 0.462 e. The molecule has 0 aromatic rings. The molecule has 0 aromatic carbocycles. The van der Waals surface area contributed by atoms with Crippen LogP contribution < -0.4 is 0 Å². The second-order valence-electron chi connectivity index (χ2n) is 13.6. The number of carbonyl (C=O) groups is 6. The Bertz CT molecular complexity index is 1270. The lowest BCUT2D eigenvalue weighted by Crippen LogP contribution is -2.50. The molecule has 1 aliphatic heterocycles. The smallest absolute Gasteiger partial charge is 0.330 e. The Hall–Kier alpha value is -4.98. The van der Waals surface area contributed by atoms with Crippen molar-refractivity contribution in [3.63, 3.8) is 0 Å². The molecule has 1 aliphatic rings. The van der Waals surface area contributed by atoms with Crippen LogP contribution in [0.25, 0.3) is 0 Å². The normalized spacial score (nSPS) is 15.9. The lowest BCUT2D eigenvalue weighted by Gasteiger charge is -2.43. The van der Waals surface area contributed by atoms with Crippen LogP contribution in [-0.2, 0) is 85.6 Å². The average molecular weight is 855 g/mol. The van der Waals surface area contributed by atoms with Crippen LogP contribution in [0, 0.1) is 16.2 Å². The van der Waals surface area contributed by atoms with Gasteiger partial charge in [-0.15, -0.1) is 0 Å². The van der Waals surface area contributed by atoms with Gasteiger partial charge < -0.3 is 56.8 Å². The van der Waals surface area contributed by atoms with E-state index >= 15 is 0 Å². The molecule has 0 unspecified atom stereocenters. The van der Waals surface area contributed by atoms with Crippen LogP contribution >= 0.6 is 0 Å². The van der Waals surface area contributed by atoms with Crippen molar-refractivity contribution in [1.82, 2.24) is 0 Å². The summed E-state index contributed by atoms with van der Waals surface area (Å²) in [6.45, 7) is 27.5. The van der Waals surface area contributed by atoms with E-state index < -0.39 is 52.9 Å². The first kappa shape index (κ1) is 55.0. The number of hydrogen-bond acceptors (Lipinski definition) is 18. The highest BCUT2D eigenvalue weighted by molar-refractivity contribution is 5.82. The van der Waals surface area contributed by atoms with E-state index in [9.17, 15) is 28.8 Å². The third-order valence-electron chi connectivity index (χ3n) is 8.10. The highest BCUT2D eigenvalue weighted by Crippen LogP contribution is 2.35. The summed E-state index contributed by atoms with van der Waals surface area (Å²) in [4.78, 5) is 67.3. The van der Waals surface area contributed by atoms with Gasteiger partial charge in [-0.3, -0.25) is 0 Å². The molecule has 1 saturated heterocycles. The first-order chi connectivity index (χ1) is 28.6. The zero-order valence-corrected chi connectivity index (χ0v) is 35.2. The molecule has 0 bridgehead atoms. The maximum atomic E-state index is 11.2. The van der Waals surface area contributed by atoms with E-state index in [2.05, 4.69) is 39.5 Å². The summed E-state index contributed by atoms with van der Waals surface area (Å²) >= 11 is 0. The lowest BCUT2D eigenvalue weighted by atomic mass is 9.85. The minimum atomic E-state index is -0.879. The molecule has 0 amide bonds. The van der Waals surface area contributed by atoms with Gasteiger partial charge in [-0.25, -0.2) is 28.8 Å². The molecule has 1 rings (SSSR count). The predicted molar refractivity (Wildman–Crippen MR) is 215 cm³/mol. The zero-order valence-electron chi connectivity index (χ0n) is 35.2. The van der Waals surface area contributed by atoms with Crippen LogP contribution in [0.15, 0.2) is 75.9 Å². The minimum absolute atomic E-state index is 0.00395. The van der Waals surface area contributed by atoms with Gasteiger partial charge in [0.1, 0.15) is 39.6 Å². The van der Waals surface area contributed by atoms with Crippen LogP contribution in [0.5, 0.6) is 0 Å². The van der Waals surface area contributed by atoms with Gasteiger partial charge in [0.25, 0.3) is 0 Å². The summed E-state index contributed by atoms with van der Waals surface area (Å²) in [5.74, 6) is -3.27. The number of ether oxygens (including phenoxy) is 12. The molecule has 0 N–H and O–H groups in total. The quantitative estimate of drug-likeness (QED) is 0.0411. The fourth-order valence-electron chi connectivity index (χ4n) is 4.55.